The summed E-state index contributed by atoms with van der Waals surface area (Å²) in [6.45, 7) is 0. The average molecular weight is 428 g/mol. The number of alkyl halides is 11. The van der Waals surface area contributed by atoms with Crippen molar-refractivity contribution in [2.24, 2.45) is 0 Å². The lowest BCUT2D eigenvalue weighted by atomic mass is 10.00. The first-order valence-electron chi connectivity index (χ1n) is 4.74. The van der Waals surface area contributed by atoms with Crippen LogP contribution in [0, 0.1) is 0 Å². The van der Waals surface area contributed by atoms with Crippen LogP contribution in [0.15, 0.2) is 0 Å². The number of hydrogen-bond donors (Lipinski definition) is 1. The third kappa shape index (κ3) is 2.71. The molecule has 0 saturated carbocycles. The van der Waals surface area contributed by atoms with Crippen LogP contribution in [0.5, 0.6) is 0 Å². The molecule has 0 aliphatic heterocycles. The van der Waals surface area contributed by atoms with Crippen LogP contribution in [0.4, 0.5) is 48.3 Å². The van der Waals surface area contributed by atoms with Crippen LogP contribution in [0.3, 0.4) is 0 Å². The second-order valence-electron chi connectivity index (χ2n) is 3.90. The van der Waals surface area contributed by atoms with Gasteiger partial charge in [0.05, 0.1) is 0 Å². The van der Waals surface area contributed by atoms with E-state index in [9.17, 15) is 65.1 Å². The monoisotopic (exact) mass is 428 g/mol. The summed E-state index contributed by atoms with van der Waals surface area (Å²) in [5.74, 6) is -23.0. The highest BCUT2D eigenvalue weighted by atomic mass is 33.2. The second-order valence-corrected chi connectivity index (χ2v) is 8.84. The molecule has 0 aliphatic carbocycles. The molecule has 0 fully saturated rings. The molecule has 1 unspecified atom stereocenters. The standard InChI is InChI=1S/C6H3F11O5S2/c7-1(8)3(11,12)5(14,15)6(16,17)4(13,2(9)10)23(18,19)24(20,21)22/h1-2H,(H,20,21,22). The molecule has 146 valence electrons. The highest BCUT2D eigenvalue weighted by Gasteiger charge is 2.88. The first-order chi connectivity index (χ1) is 10.1. The Balaban J connectivity index is 6.92. The van der Waals surface area contributed by atoms with Crippen molar-refractivity contribution in [3.8, 4) is 0 Å². The molecule has 1 N–H and O–H groups in total. The van der Waals surface area contributed by atoms with E-state index in [1.807, 2.05) is 0 Å². The van der Waals surface area contributed by atoms with Crippen LogP contribution in [0.25, 0.3) is 0 Å². The number of rotatable bonds is 7. The van der Waals surface area contributed by atoms with Gasteiger partial charge in [0, 0.05) is 0 Å². The first-order valence-corrected chi connectivity index (χ1v) is 8.18. The van der Waals surface area contributed by atoms with E-state index in [0.717, 1.165) is 0 Å². The largest absolute Gasteiger partial charge is 0.382 e. The summed E-state index contributed by atoms with van der Waals surface area (Å²) < 4.78 is 189. The molecule has 18 heteroatoms. The molecule has 0 saturated heterocycles. The molecule has 0 amide bonds. The minimum atomic E-state index is -8.06. The Labute approximate surface area is 124 Å². The summed E-state index contributed by atoms with van der Waals surface area (Å²) in [6, 6.07) is 0. The summed E-state index contributed by atoms with van der Waals surface area (Å²) in [6.07, 6.45) is -11.7. The predicted octanol–water partition coefficient (Wildman–Crippen LogP) is 2.31. The zero-order valence-corrected chi connectivity index (χ0v) is 11.8. The maximum atomic E-state index is 13.6. The quantitative estimate of drug-likeness (QED) is 0.382. The van der Waals surface area contributed by atoms with Crippen LogP contribution < -0.4 is 0 Å². The zero-order chi connectivity index (χ0) is 20.2. The van der Waals surface area contributed by atoms with Gasteiger partial charge in [-0.3, -0.25) is 4.55 Å². The van der Waals surface area contributed by atoms with Crippen molar-refractivity contribution in [2.75, 3.05) is 0 Å². The SMILES string of the molecule is O=S(=O)(O)S(=O)(=O)C(F)(C(F)F)C(F)(F)C(F)(F)C(F)(F)C(F)F. The van der Waals surface area contributed by atoms with Crippen molar-refractivity contribution in [1.82, 2.24) is 0 Å². The topological polar surface area (TPSA) is 88.5 Å². The van der Waals surface area contributed by atoms with Gasteiger partial charge in [0.2, 0.25) is 0 Å². The van der Waals surface area contributed by atoms with E-state index in [1.165, 1.54) is 0 Å². The normalized spacial score (nSPS) is 18.1. The third-order valence-electron chi connectivity index (χ3n) is 2.44. The fourth-order valence-corrected chi connectivity index (χ4v) is 3.54. The fourth-order valence-electron chi connectivity index (χ4n) is 1.12. The molecule has 0 rings (SSSR count). The van der Waals surface area contributed by atoms with Gasteiger partial charge in [0.25, 0.3) is 6.43 Å². The minimum absolute atomic E-state index is 5.73. The molecule has 0 aromatic carbocycles. The van der Waals surface area contributed by atoms with Crippen LogP contribution in [-0.2, 0) is 18.0 Å². The Bertz CT molecular complexity index is 684. The fraction of sp³-hybridized carbons (Fsp3) is 1.00. The lowest BCUT2D eigenvalue weighted by molar-refractivity contribution is -0.362. The second kappa shape index (κ2) is 5.82. The summed E-state index contributed by atoms with van der Waals surface area (Å²) in [5, 5.41) is -7.39. The predicted molar refractivity (Wildman–Crippen MR) is 51.2 cm³/mol. The van der Waals surface area contributed by atoms with Gasteiger partial charge >= 0.3 is 47.2 Å². The van der Waals surface area contributed by atoms with Crippen molar-refractivity contribution in [3.63, 3.8) is 0 Å². The van der Waals surface area contributed by atoms with Gasteiger partial charge in [0.15, 0.2) is 0 Å². The molecule has 0 radical (unpaired) electrons. The lowest BCUT2D eigenvalue weighted by Gasteiger charge is -2.38. The van der Waals surface area contributed by atoms with Gasteiger partial charge in [-0.2, -0.15) is 34.8 Å². The van der Waals surface area contributed by atoms with Crippen molar-refractivity contribution in [1.29, 1.82) is 0 Å². The maximum Gasteiger partial charge on any atom is 0.382 e. The zero-order valence-electron chi connectivity index (χ0n) is 10.2. The molecule has 5 nitrogen and oxygen atoms in total. The van der Waals surface area contributed by atoms with Crippen molar-refractivity contribution in [2.45, 2.75) is 35.6 Å². The van der Waals surface area contributed by atoms with E-state index in [4.69, 9.17) is 4.55 Å². The minimum Gasteiger partial charge on any atom is -0.274 e. The molecule has 0 bridgehead atoms. The summed E-state index contributed by atoms with van der Waals surface area (Å²) in [4.78, 5) is 0. The van der Waals surface area contributed by atoms with Gasteiger partial charge in [-0.15, -0.1) is 0 Å². The third-order valence-corrected chi connectivity index (χ3v) is 6.55. The van der Waals surface area contributed by atoms with E-state index >= 15 is 0 Å². The van der Waals surface area contributed by atoms with Crippen LogP contribution in [0.2, 0.25) is 0 Å². The molecule has 0 aromatic rings. The van der Waals surface area contributed by atoms with Crippen molar-refractivity contribution >= 4 is 18.0 Å². The molecular formula is C6H3F11O5S2. The molecule has 0 heterocycles. The Hall–Kier alpha value is -0.910. The smallest absolute Gasteiger partial charge is 0.274 e. The van der Waals surface area contributed by atoms with Crippen LogP contribution in [0.1, 0.15) is 0 Å². The van der Waals surface area contributed by atoms with Crippen LogP contribution >= 0.6 is 0 Å². The summed E-state index contributed by atoms with van der Waals surface area (Å²) in [7, 11) is -15.4. The Morgan fingerprint density at radius 2 is 1.00 bits per heavy atom. The molecule has 0 aliphatic rings. The number of halogens is 11. The molecule has 24 heavy (non-hydrogen) atoms. The molecular weight excluding hydrogens is 425 g/mol. The van der Waals surface area contributed by atoms with Gasteiger partial charge in [-0.1, -0.05) is 0 Å². The Morgan fingerprint density at radius 1 is 0.667 bits per heavy atom. The summed E-state index contributed by atoms with van der Waals surface area (Å²) >= 11 is 0. The highest BCUT2D eigenvalue weighted by Crippen LogP contribution is 2.57. The van der Waals surface area contributed by atoms with Crippen molar-refractivity contribution < 1.29 is 69.7 Å². The van der Waals surface area contributed by atoms with E-state index in [0.29, 0.717) is 0 Å². The van der Waals surface area contributed by atoms with Crippen LogP contribution in [-0.4, -0.2) is 57.0 Å². The van der Waals surface area contributed by atoms with Gasteiger partial charge in [-0.25, -0.2) is 30.4 Å². The highest BCUT2D eigenvalue weighted by molar-refractivity contribution is 8.65. The summed E-state index contributed by atoms with van der Waals surface area (Å²) in [5.41, 5.74) is 0. The maximum absolute atomic E-state index is 13.6. The molecule has 1 atom stereocenters. The van der Waals surface area contributed by atoms with E-state index in [-0.39, 0.29) is 0 Å². The number of hydrogen-bond acceptors (Lipinski definition) is 4. The first kappa shape index (κ1) is 23.1. The van der Waals surface area contributed by atoms with E-state index in [1.54, 1.807) is 0 Å². The van der Waals surface area contributed by atoms with Gasteiger partial charge in [0.1, 0.15) is 0 Å². The van der Waals surface area contributed by atoms with Crippen molar-refractivity contribution in [3.05, 3.63) is 0 Å². The Morgan fingerprint density at radius 3 is 1.21 bits per heavy atom. The van der Waals surface area contributed by atoms with Gasteiger partial charge < -0.3 is 0 Å². The average Bonchev–Trinajstić information content (AvgIpc) is 2.34. The van der Waals surface area contributed by atoms with E-state index < -0.39 is 53.6 Å². The van der Waals surface area contributed by atoms with E-state index in [2.05, 4.69) is 0 Å². The molecule has 0 spiro atoms. The lowest BCUT2D eigenvalue weighted by Crippen LogP contribution is -2.70. The Kier molecular flexibility index (Phi) is 5.60. The van der Waals surface area contributed by atoms with Gasteiger partial charge in [-0.05, 0) is 0 Å². The molecule has 0 aromatic heterocycles.